The molecular weight excluding hydrogens is 799 g/mol. The van der Waals surface area contributed by atoms with Crippen LogP contribution in [0, 0.1) is 42.9 Å². The Morgan fingerprint density at radius 1 is 0.729 bits per heavy atom. The number of hydrogen-bond donors (Lipinski definition) is 0. The van der Waals surface area contributed by atoms with Gasteiger partial charge in [-0.2, -0.15) is 10.5 Å². The Hall–Kier alpha value is -5.57. The van der Waals surface area contributed by atoms with Crippen molar-refractivity contribution in [3.63, 3.8) is 0 Å². The number of ether oxygens (including phenoxy) is 4. The molecule has 0 N–H and O–H groups in total. The lowest BCUT2D eigenvalue weighted by Crippen LogP contribution is -2.48. The van der Waals surface area contributed by atoms with E-state index in [1.807, 2.05) is 70.2 Å². The van der Waals surface area contributed by atoms with Gasteiger partial charge in [-0.25, -0.2) is 0 Å². The number of rotatable bonds is 10. The highest BCUT2D eigenvalue weighted by Gasteiger charge is 2.58. The average Bonchev–Trinajstić information content (AvgIpc) is 3.44. The van der Waals surface area contributed by atoms with E-state index >= 15 is 0 Å². The number of nitro groups is 2. The maximum absolute atomic E-state index is 12.0. The molecule has 0 unspecified atom stereocenters. The molecule has 4 aromatic carbocycles. The fraction of sp³-hybridized carbons (Fsp3) is 0.386. The minimum atomic E-state index is -0.875. The standard InChI is InChI=1S/C25H27ClN2O5.C19H15ClN2O4/c1-23(2)24(3,4)33-22(32-23)25(11-5-6-17-13-18(26)8-9-19(17)25)15-31-21-10-7-16(14-27)12-20(21)28(29)30;20-15-4-5-16-14(9-15)2-1-7-19(16,11-23)12-26-18-6-3-13(10-21)8-17(18)22(24)25/h7-10,12-13,22H,5-6,11,15H2,1-4H3;3-6,8-9,11H,1-2,7,12H2/t25-;19-/m00/s1. The molecule has 59 heavy (non-hydrogen) atoms. The summed E-state index contributed by atoms with van der Waals surface area (Å²) in [5.74, 6) is 0.146. The number of halogens is 2. The van der Waals surface area contributed by atoms with Crippen molar-refractivity contribution in [3.05, 3.63) is 136 Å². The van der Waals surface area contributed by atoms with Crippen molar-refractivity contribution in [1.82, 2.24) is 0 Å². The number of aryl methyl sites for hydroxylation is 2. The van der Waals surface area contributed by atoms with Crippen molar-refractivity contribution >= 4 is 40.9 Å². The van der Waals surface area contributed by atoms with E-state index in [0.29, 0.717) is 16.5 Å². The van der Waals surface area contributed by atoms with Crippen LogP contribution in [-0.4, -0.2) is 46.8 Å². The smallest absolute Gasteiger partial charge is 0.312 e. The number of aldehydes is 1. The lowest BCUT2D eigenvalue weighted by Gasteiger charge is -2.42. The van der Waals surface area contributed by atoms with Gasteiger partial charge in [-0.15, -0.1) is 0 Å². The highest BCUT2D eigenvalue weighted by Crippen LogP contribution is 2.51. The molecule has 0 spiro atoms. The van der Waals surface area contributed by atoms with Gasteiger partial charge in [-0.05, 0) is 137 Å². The molecule has 1 fully saturated rings. The number of hydrogen-bond acceptors (Lipinski definition) is 11. The number of carbonyl (C=O) groups is 1. The number of nitriles is 2. The highest BCUT2D eigenvalue weighted by atomic mass is 35.5. The predicted molar refractivity (Wildman–Crippen MR) is 219 cm³/mol. The zero-order chi connectivity index (χ0) is 42.8. The number of carbonyl (C=O) groups excluding carboxylic acids is 1. The molecule has 2 atom stereocenters. The Kier molecular flexibility index (Phi) is 12.4. The van der Waals surface area contributed by atoms with E-state index in [4.69, 9.17) is 52.7 Å². The van der Waals surface area contributed by atoms with Crippen molar-refractivity contribution in [1.29, 1.82) is 10.5 Å². The van der Waals surface area contributed by atoms with Gasteiger partial charge in [0.1, 0.15) is 19.5 Å². The van der Waals surface area contributed by atoms with E-state index < -0.39 is 38.2 Å². The predicted octanol–water partition coefficient (Wildman–Crippen LogP) is 9.67. The Morgan fingerprint density at radius 3 is 1.69 bits per heavy atom. The second kappa shape index (κ2) is 17.0. The summed E-state index contributed by atoms with van der Waals surface area (Å²) in [5, 5.41) is 42.2. The van der Waals surface area contributed by atoms with Crippen molar-refractivity contribution in [2.24, 2.45) is 0 Å². The topological polar surface area (TPSA) is 188 Å². The van der Waals surface area contributed by atoms with Crippen molar-refractivity contribution < 1.29 is 33.6 Å². The van der Waals surface area contributed by atoms with Gasteiger partial charge in [0.2, 0.25) is 0 Å². The Labute approximate surface area is 351 Å². The monoisotopic (exact) mass is 840 g/mol. The zero-order valence-corrected chi connectivity index (χ0v) is 34.5. The molecule has 0 amide bonds. The van der Waals surface area contributed by atoms with E-state index in [1.54, 1.807) is 6.07 Å². The minimum absolute atomic E-state index is 0.0160. The molecule has 13 nitrogen and oxygen atoms in total. The SMILES string of the molecule is CC1(C)OC([C@]2(COc3ccc(C#N)cc3[N+](=O)[O-])CCCc3cc(Cl)ccc32)OC1(C)C.N#Cc1ccc(OC[C@@]2(C=O)CCCc3cc(Cl)ccc32)c([N+](=O)[O-])c1. The Balaban J connectivity index is 0.000000204. The first-order valence-corrected chi connectivity index (χ1v) is 19.8. The molecule has 3 aliphatic rings. The van der Waals surface area contributed by atoms with Gasteiger partial charge < -0.3 is 23.7 Å². The minimum Gasteiger partial charge on any atom is -0.486 e. The maximum Gasteiger partial charge on any atom is 0.312 e. The summed E-state index contributed by atoms with van der Waals surface area (Å²) in [4.78, 5) is 33.7. The summed E-state index contributed by atoms with van der Waals surface area (Å²) < 4.78 is 24.8. The van der Waals surface area contributed by atoms with Gasteiger partial charge in [0.05, 0.1) is 55.1 Å². The number of nitro benzene ring substituents is 2. The molecule has 0 aromatic heterocycles. The van der Waals surface area contributed by atoms with E-state index in [-0.39, 0.29) is 47.2 Å². The van der Waals surface area contributed by atoms with E-state index in [9.17, 15) is 25.0 Å². The Bertz CT molecular complexity index is 2370. The first-order valence-electron chi connectivity index (χ1n) is 19.0. The molecule has 1 aliphatic heterocycles. The van der Waals surface area contributed by atoms with Crippen LogP contribution in [0.25, 0.3) is 0 Å². The summed E-state index contributed by atoms with van der Waals surface area (Å²) >= 11 is 12.3. The van der Waals surface area contributed by atoms with Crippen LogP contribution in [0.15, 0.2) is 72.8 Å². The third-order valence-corrected chi connectivity index (χ3v) is 12.3. The first kappa shape index (κ1) is 43.0. The van der Waals surface area contributed by atoms with Crippen LogP contribution in [0.2, 0.25) is 10.0 Å². The number of nitrogens with zero attached hydrogens (tertiary/aromatic N) is 4. The van der Waals surface area contributed by atoms with Gasteiger partial charge in [0.15, 0.2) is 17.8 Å². The molecule has 306 valence electrons. The summed E-state index contributed by atoms with van der Waals surface area (Å²) in [7, 11) is 0. The van der Waals surface area contributed by atoms with E-state index in [0.717, 1.165) is 66.7 Å². The molecule has 1 heterocycles. The summed E-state index contributed by atoms with van der Waals surface area (Å²) in [6, 6.07) is 23.2. The molecule has 15 heteroatoms. The van der Waals surface area contributed by atoms with Crippen molar-refractivity contribution in [2.45, 2.75) is 94.5 Å². The summed E-state index contributed by atoms with van der Waals surface area (Å²) in [5.41, 5.74) is 1.14. The van der Waals surface area contributed by atoms with Gasteiger partial charge in [-0.3, -0.25) is 20.2 Å². The van der Waals surface area contributed by atoms with Gasteiger partial charge in [0.25, 0.3) is 0 Å². The third-order valence-electron chi connectivity index (χ3n) is 11.8. The van der Waals surface area contributed by atoms with Gasteiger partial charge >= 0.3 is 11.4 Å². The van der Waals surface area contributed by atoms with Crippen LogP contribution in [0.5, 0.6) is 11.5 Å². The molecule has 0 saturated carbocycles. The molecular formula is C44H42Cl2N4O9. The van der Waals surface area contributed by atoms with Gasteiger partial charge in [-0.1, -0.05) is 35.3 Å². The van der Waals surface area contributed by atoms with E-state index in [2.05, 4.69) is 0 Å². The molecule has 0 radical (unpaired) electrons. The number of benzene rings is 4. The average molecular weight is 842 g/mol. The lowest BCUT2D eigenvalue weighted by molar-refractivity contribution is -0.386. The largest absolute Gasteiger partial charge is 0.486 e. The van der Waals surface area contributed by atoms with Gasteiger partial charge in [0, 0.05) is 22.2 Å². The molecule has 0 bridgehead atoms. The lowest BCUT2D eigenvalue weighted by atomic mass is 9.69. The maximum atomic E-state index is 12.0. The molecule has 1 saturated heterocycles. The van der Waals surface area contributed by atoms with Crippen LogP contribution in [0.1, 0.15) is 86.8 Å². The van der Waals surface area contributed by atoms with Crippen molar-refractivity contribution in [2.75, 3.05) is 13.2 Å². The zero-order valence-electron chi connectivity index (χ0n) is 33.0. The molecule has 4 aromatic rings. The normalized spacial score (nSPS) is 21.3. The molecule has 7 rings (SSSR count). The third kappa shape index (κ3) is 8.61. The van der Waals surface area contributed by atoms with Crippen molar-refractivity contribution in [3.8, 4) is 23.6 Å². The fourth-order valence-electron chi connectivity index (χ4n) is 7.92. The number of fused-ring (bicyclic) bond motifs is 2. The Morgan fingerprint density at radius 2 is 1.20 bits per heavy atom. The highest BCUT2D eigenvalue weighted by molar-refractivity contribution is 6.31. The van der Waals surface area contributed by atoms with Crippen LogP contribution < -0.4 is 9.47 Å². The second-order valence-corrected chi connectivity index (χ2v) is 16.9. The molecule has 2 aliphatic carbocycles. The van der Waals surface area contributed by atoms with E-state index in [1.165, 1.54) is 30.3 Å². The van der Waals surface area contributed by atoms with Crippen LogP contribution in [0.4, 0.5) is 11.4 Å². The second-order valence-electron chi connectivity index (χ2n) is 16.0. The first-order chi connectivity index (χ1) is 28.0. The quantitative estimate of drug-likeness (QED) is 0.0840. The summed E-state index contributed by atoms with van der Waals surface area (Å²) in [6.45, 7) is 8.09. The van der Waals surface area contributed by atoms with Crippen LogP contribution in [-0.2, 0) is 37.9 Å². The fourth-order valence-corrected chi connectivity index (χ4v) is 8.31. The van der Waals surface area contributed by atoms with Crippen LogP contribution >= 0.6 is 23.2 Å². The summed E-state index contributed by atoms with van der Waals surface area (Å²) in [6.07, 6.45) is 4.92. The van der Waals surface area contributed by atoms with Crippen LogP contribution in [0.3, 0.4) is 0 Å².